The maximum atomic E-state index is 11.3. The summed E-state index contributed by atoms with van der Waals surface area (Å²) in [5.41, 5.74) is 2.29. The summed E-state index contributed by atoms with van der Waals surface area (Å²) in [6.07, 6.45) is 1.34. The van der Waals surface area contributed by atoms with Gasteiger partial charge in [-0.25, -0.2) is 0 Å². The van der Waals surface area contributed by atoms with Crippen LogP contribution in [0.4, 0.5) is 0 Å². The van der Waals surface area contributed by atoms with Crippen LogP contribution in [-0.4, -0.2) is 12.1 Å². The van der Waals surface area contributed by atoms with Crippen molar-refractivity contribution in [3.63, 3.8) is 0 Å². The highest BCUT2D eigenvalue weighted by atomic mass is 16.5. The van der Waals surface area contributed by atoms with E-state index >= 15 is 0 Å². The van der Waals surface area contributed by atoms with Gasteiger partial charge in [-0.2, -0.15) is 0 Å². The minimum Gasteiger partial charge on any atom is -0.491 e. The Hall–Kier alpha value is -1.51. The SMILES string of the molecule is CC(C)Oc1cc2c(cc1C(C)C)CCC(=O)O2. The molecule has 0 spiro atoms. The zero-order chi connectivity index (χ0) is 13.3. The summed E-state index contributed by atoms with van der Waals surface area (Å²) in [6, 6.07) is 3.98. The lowest BCUT2D eigenvalue weighted by molar-refractivity contribution is -0.135. The van der Waals surface area contributed by atoms with Crippen LogP contribution in [0.3, 0.4) is 0 Å². The second kappa shape index (κ2) is 5.01. The first kappa shape index (κ1) is 12.9. The number of benzene rings is 1. The van der Waals surface area contributed by atoms with Crippen LogP contribution in [0.5, 0.6) is 11.5 Å². The number of esters is 1. The maximum Gasteiger partial charge on any atom is 0.311 e. The van der Waals surface area contributed by atoms with Crippen molar-refractivity contribution in [1.29, 1.82) is 0 Å². The third-order valence-corrected chi connectivity index (χ3v) is 3.00. The van der Waals surface area contributed by atoms with Gasteiger partial charge in [0.1, 0.15) is 11.5 Å². The molecule has 0 aliphatic carbocycles. The van der Waals surface area contributed by atoms with Crippen LogP contribution in [0.2, 0.25) is 0 Å². The summed E-state index contributed by atoms with van der Waals surface area (Å²) in [7, 11) is 0. The Morgan fingerprint density at radius 2 is 1.89 bits per heavy atom. The average Bonchev–Trinajstić information content (AvgIpc) is 2.26. The van der Waals surface area contributed by atoms with Crippen LogP contribution in [0.15, 0.2) is 12.1 Å². The fourth-order valence-corrected chi connectivity index (χ4v) is 2.13. The summed E-state index contributed by atoms with van der Waals surface area (Å²) >= 11 is 0. The van der Waals surface area contributed by atoms with Gasteiger partial charge in [-0.05, 0) is 43.4 Å². The molecule has 1 heterocycles. The van der Waals surface area contributed by atoms with Crippen LogP contribution in [0.25, 0.3) is 0 Å². The van der Waals surface area contributed by atoms with Crippen LogP contribution < -0.4 is 9.47 Å². The monoisotopic (exact) mass is 248 g/mol. The van der Waals surface area contributed by atoms with E-state index in [-0.39, 0.29) is 12.1 Å². The van der Waals surface area contributed by atoms with E-state index in [2.05, 4.69) is 19.9 Å². The van der Waals surface area contributed by atoms with Crippen molar-refractivity contribution in [3.8, 4) is 11.5 Å². The van der Waals surface area contributed by atoms with E-state index in [0.717, 1.165) is 17.7 Å². The second-order valence-corrected chi connectivity index (χ2v) is 5.29. The molecule has 3 heteroatoms. The molecule has 0 unspecified atom stereocenters. The molecule has 18 heavy (non-hydrogen) atoms. The van der Waals surface area contributed by atoms with E-state index < -0.39 is 0 Å². The Balaban J connectivity index is 2.43. The van der Waals surface area contributed by atoms with Gasteiger partial charge < -0.3 is 9.47 Å². The fourth-order valence-electron chi connectivity index (χ4n) is 2.13. The number of fused-ring (bicyclic) bond motifs is 1. The van der Waals surface area contributed by atoms with Gasteiger partial charge in [0.15, 0.2) is 0 Å². The number of ether oxygens (including phenoxy) is 2. The molecule has 1 aliphatic heterocycles. The molecule has 0 fully saturated rings. The predicted octanol–water partition coefficient (Wildman–Crippen LogP) is 3.45. The molecule has 0 amide bonds. The molecule has 1 aliphatic rings. The summed E-state index contributed by atoms with van der Waals surface area (Å²) in [4.78, 5) is 11.3. The van der Waals surface area contributed by atoms with Gasteiger partial charge in [0, 0.05) is 6.07 Å². The molecule has 0 saturated carbocycles. The minimum atomic E-state index is -0.157. The highest BCUT2D eigenvalue weighted by molar-refractivity contribution is 5.75. The van der Waals surface area contributed by atoms with Crippen molar-refractivity contribution < 1.29 is 14.3 Å². The lowest BCUT2D eigenvalue weighted by atomic mass is 9.96. The number of carbonyl (C=O) groups is 1. The van der Waals surface area contributed by atoms with Crippen LogP contribution in [0, 0.1) is 0 Å². The third kappa shape index (κ3) is 2.66. The minimum absolute atomic E-state index is 0.111. The summed E-state index contributed by atoms with van der Waals surface area (Å²) in [5.74, 6) is 1.72. The lowest BCUT2D eigenvalue weighted by Crippen LogP contribution is -2.17. The Morgan fingerprint density at radius 3 is 2.50 bits per heavy atom. The molecular weight excluding hydrogens is 228 g/mol. The highest BCUT2D eigenvalue weighted by Crippen LogP contribution is 2.36. The number of hydrogen-bond donors (Lipinski definition) is 0. The van der Waals surface area contributed by atoms with Crippen LogP contribution in [0.1, 0.15) is 51.2 Å². The van der Waals surface area contributed by atoms with E-state index in [1.165, 1.54) is 5.56 Å². The Kier molecular flexibility index (Phi) is 3.60. The molecule has 98 valence electrons. The standard InChI is InChI=1S/C15H20O3/c1-9(2)12-7-11-5-6-15(16)18-13(11)8-14(12)17-10(3)4/h7-10H,5-6H2,1-4H3. The van der Waals surface area contributed by atoms with Crippen molar-refractivity contribution in [2.24, 2.45) is 0 Å². The van der Waals surface area contributed by atoms with Crippen LogP contribution >= 0.6 is 0 Å². The third-order valence-electron chi connectivity index (χ3n) is 3.00. The summed E-state index contributed by atoms with van der Waals surface area (Å²) < 4.78 is 11.1. The second-order valence-electron chi connectivity index (χ2n) is 5.29. The predicted molar refractivity (Wildman–Crippen MR) is 70.3 cm³/mol. The first-order chi connectivity index (χ1) is 8.47. The average molecular weight is 248 g/mol. The van der Waals surface area contributed by atoms with Crippen molar-refractivity contribution in [2.75, 3.05) is 0 Å². The van der Waals surface area contributed by atoms with Crippen molar-refractivity contribution in [1.82, 2.24) is 0 Å². The molecule has 0 radical (unpaired) electrons. The van der Waals surface area contributed by atoms with E-state index in [1.807, 2.05) is 19.9 Å². The largest absolute Gasteiger partial charge is 0.491 e. The Bertz CT molecular complexity index is 461. The van der Waals surface area contributed by atoms with E-state index in [4.69, 9.17) is 9.47 Å². The van der Waals surface area contributed by atoms with Crippen molar-refractivity contribution >= 4 is 5.97 Å². The van der Waals surface area contributed by atoms with Gasteiger partial charge >= 0.3 is 5.97 Å². The highest BCUT2D eigenvalue weighted by Gasteiger charge is 2.21. The van der Waals surface area contributed by atoms with Crippen molar-refractivity contribution in [3.05, 3.63) is 23.3 Å². The van der Waals surface area contributed by atoms with Gasteiger partial charge in [0.2, 0.25) is 0 Å². The van der Waals surface area contributed by atoms with Gasteiger partial charge in [-0.1, -0.05) is 13.8 Å². The molecular formula is C15H20O3. The number of carbonyl (C=O) groups excluding carboxylic acids is 1. The van der Waals surface area contributed by atoms with Crippen LogP contribution in [-0.2, 0) is 11.2 Å². The smallest absolute Gasteiger partial charge is 0.311 e. The molecule has 0 saturated heterocycles. The number of hydrogen-bond acceptors (Lipinski definition) is 3. The van der Waals surface area contributed by atoms with E-state index in [0.29, 0.717) is 18.1 Å². The molecule has 3 nitrogen and oxygen atoms in total. The zero-order valence-corrected chi connectivity index (χ0v) is 11.4. The maximum absolute atomic E-state index is 11.3. The Morgan fingerprint density at radius 1 is 1.17 bits per heavy atom. The quantitative estimate of drug-likeness (QED) is 0.607. The number of aryl methyl sites for hydroxylation is 1. The van der Waals surface area contributed by atoms with Gasteiger partial charge in [0.25, 0.3) is 0 Å². The summed E-state index contributed by atoms with van der Waals surface area (Å²) in [5, 5.41) is 0. The van der Waals surface area contributed by atoms with E-state index in [9.17, 15) is 4.79 Å². The van der Waals surface area contributed by atoms with Gasteiger partial charge in [-0.3, -0.25) is 4.79 Å². The first-order valence-electron chi connectivity index (χ1n) is 6.51. The lowest BCUT2D eigenvalue weighted by Gasteiger charge is -2.22. The normalized spacial score (nSPS) is 14.7. The number of rotatable bonds is 3. The molecule has 0 N–H and O–H groups in total. The molecule has 1 aromatic rings. The topological polar surface area (TPSA) is 35.5 Å². The summed E-state index contributed by atoms with van der Waals surface area (Å²) in [6.45, 7) is 8.28. The van der Waals surface area contributed by atoms with E-state index in [1.54, 1.807) is 0 Å². The molecule has 0 bridgehead atoms. The molecule has 1 aromatic carbocycles. The molecule has 2 rings (SSSR count). The first-order valence-corrected chi connectivity index (χ1v) is 6.51. The van der Waals surface area contributed by atoms with Crippen molar-refractivity contribution in [2.45, 2.75) is 52.6 Å². The molecule has 0 aromatic heterocycles. The fraction of sp³-hybridized carbons (Fsp3) is 0.533. The van der Waals surface area contributed by atoms with Gasteiger partial charge in [-0.15, -0.1) is 0 Å². The zero-order valence-electron chi connectivity index (χ0n) is 11.4. The Labute approximate surface area is 108 Å². The molecule has 0 atom stereocenters. The van der Waals surface area contributed by atoms with Gasteiger partial charge in [0.05, 0.1) is 12.5 Å².